The zero-order valence-electron chi connectivity index (χ0n) is 8.96. The standard InChI is InChI=1S/C8H12N5O3P/c9-7(14)6-4-13-2-1-5(3-10-17(15)16)11-8(13)12-6/h4-5H,1-3H2,(H4-,9,10,11,12,14,15,16)/p+1. The van der Waals surface area contributed by atoms with Crippen molar-refractivity contribution in [2.24, 2.45) is 5.73 Å². The van der Waals surface area contributed by atoms with E-state index in [1.165, 1.54) is 0 Å². The van der Waals surface area contributed by atoms with Crippen molar-refractivity contribution in [1.82, 2.24) is 14.6 Å². The van der Waals surface area contributed by atoms with Gasteiger partial charge in [0.2, 0.25) is 5.95 Å². The first-order valence-corrected chi connectivity index (χ1v) is 6.30. The highest BCUT2D eigenvalue weighted by atomic mass is 31.1. The number of fused-ring (bicyclic) bond motifs is 1. The lowest BCUT2D eigenvalue weighted by Crippen LogP contribution is -2.35. The van der Waals surface area contributed by atoms with Crippen LogP contribution in [0.25, 0.3) is 0 Å². The van der Waals surface area contributed by atoms with Gasteiger partial charge in [0.1, 0.15) is 5.69 Å². The van der Waals surface area contributed by atoms with Crippen molar-refractivity contribution in [3.63, 3.8) is 0 Å². The molecule has 2 heterocycles. The molecule has 17 heavy (non-hydrogen) atoms. The van der Waals surface area contributed by atoms with Crippen LogP contribution in [0.3, 0.4) is 0 Å². The van der Waals surface area contributed by atoms with Crippen LogP contribution in [0, 0.1) is 0 Å². The number of nitrogens with one attached hydrogen (secondary N) is 2. The van der Waals surface area contributed by atoms with Crippen molar-refractivity contribution in [3.8, 4) is 0 Å². The lowest BCUT2D eigenvalue weighted by Gasteiger charge is -2.23. The average Bonchev–Trinajstić information content (AvgIpc) is 2.69. The molecule has 8 nitrogen and oxygen atoms in total. The van der Waals surface area contributed by atoms with Crippen LogP contribution in [0.1, 0.15) is 16.9 Å². The number of hydrogen-bond acceptors (Lipinski definition) is 4. The smallest absolute Gasteiger partial charge is 0.364 e. The topological polar surface area (TPSA) is 122 Å². The zero-order chi connectivity index (χ0) is 12.4. The first-order valence-electron chi connectivity index (χ1n) is 5.09. The molecule has 0 saturated heterocycles. The molecule has 0 fully saturated rings. The largest absolute Gasteiger partial charge is 0.610 e. The molecule has 92 valence electrons. The maximum Gasteiger partial charge on any atom is 0.610 e. The Balaban J connectivity index is 2.03. The van der Waals surface area contributed by atoms with Crippen molar-refractivity contribution in [3.05, 3.63) is 11.9 Å². The number of imidazole rings is 1. The highest BCUT2D eigenvalue weighted by Crippen LogP contribution is 2.18. The molecule has 0 radical (unpaired) electrons. The Morgan fingerprint density at radius 1 is 1.82 bits per heavy atom. The summed E-state index contributed by atoms with van der Waals surface area (Å²) in [5.41, 5.74) is 5.35. The van der Waals surface area contributed by atoms with Crippen LogP contribution in [0.2, 0.25) is 0 Å². The van der Waals surface area contributed by atoms with E-state index in [2.05, 4.69) is 15.4 Å². The second-order valence-electron chi connectivity index (χ2n) is 3.77. The summed E-state index contributed by atoms with van der Waals surface area (Å²) in [4.78, 5) is 23.6. The van der Waals surface area contributed by atoms with Gasteiger partial charge in [-0.1, -0.05) is 5.09 Å². The van der Waals surface area contributed by atoms with Crippen LogP contribution >= 0.6 is 8.18 Å². The van der Waals surface area contributed by atoms with E-state index >= 15 is 0 Å². The number of carbonyl (C=O) groups is 1. The van der Waals surface area contributed by atoms with Crippen molar-refractivity contribution in [2.75, 3.05) is 11.9 Å². The van der Waals surface area contributed by atoms with Crippen molar-refractivity contribution in [1.29, 1.82) is 0 Å². The molecule has 0 spiro atoms. The molecule has 1 amide bonds. The number of carbonyl (C=O) groups excluding carboxylic acids is 1. The quantitative estimate of drug-likeness (QED) is 0.535. The van der Waals surface area contributed by atoms with E-state index in [1.807, 2.05) is 0 Å². The molecule has 0 aliphatic carbocycles. The molecule has 2 unspecified atom stereocenters. The fourth-order valence-corrected chi connectivity index (χ4v) is 2.09. The summed E-state index contributed by atoms with van der Waals surface area (Å²) in [7, 11) is -2.34. The van der Waals surface area contributed by atoms with Gasteiger partial charge in [-0.3, -0.25) is 4.79 Å². The predicted molar refractivity (Wildman–Crippen MR) is 60.6 cm³/mol. The number of aryl methyl sites for hydroxylation is 1. The van der Waals surface area contributed by atoms with Gasteiger partial charge in [0, 0.05) is 18.8 Å². The summed E-state index contributed by atoms with van der Waals surface area (Å²) in [5, 5.41) is 5.52. The normalized spacial score (nSPS) is 19.4. The second-order valence-corrected chi connectivity index (χ2v) is 4.63. The fourth-order valence-electron chi connectivity index (χ4n) is 1.71. The Hall–Kier alpha value is -1.50. The molecule has 1 aromatic rings. The second kappa shape index (κ2) is 4.79. The lowest BCUT2D eigenvalue weighted by atomic mass is 10.2. The molecule has 0 saturated carbocycles. The minimum Gasteiger partial charge on any atom is -0.364 e. The maximum atomic E-state index is 10.9. The van der Waals surface area contributed by atoms with Crippen LogP contribution in [-0.4, -0.2) is 32.9 Å². The van der Waals surface area contributed by atoms with Gasteiger partial charge >= 0.3 is 8.18 Å². The van der Waals surface area contributed by atoms with E-state index < -0.39 is 14.1 Å². The highest BCUT2D eigenvalue weighted by Gasteiger charge is 2.23. The van der Waals surface area contributed by atoms with Gasteiger partial charge in [0.15, 0.2) is 0 Å². The third-order valence-corrected chi connectivity index (χ3v) is 3.01. The predicted octanol–water partition coefficient (Wildman–Crippen LogP) is -0.595. The summed E-state index contributed by atoms with van der Waals surface area (Å²) in [6, 6.07) is 0.0109. The van der Waals surface area contributed by atoms with Crippen molar-refractivity contribution in [2.45, 2.75) is 19.0 Å². The first kappa shape index (κ1) is 12.0. The monoisotopic (exact) mass is 258 g/mol. The van der Waals surface area contributed by atoms with E-state index in [-0.39, 0.29) is 11.7 Å². The maximum absolute atomic E-state index is 10.9. The summed E-state index contributed by atoms with van der Waals surface area (Å²) in [6.45, 7) is 1.06. The molecule has 9 heteroatoms. The summed E-state index contributed by atoms with van der Waals surface area (Å²) >= 11 is 0. The number of nitrogens with zero attached hydrogens (tertiary/aromatic N) is 2. The van der Waals surface area contributed by atoms with Gasteiger partial charge in [0.05, 0.1) is 6.54 Å². The minimum absolute atomic E-state index is 0.0109. The molecule has 0 bridgehead atoms. The van der Waals surface area contributed by atoms with Crippen LogP contribution in [0.4, 0.5) is 5.95 Å². The molecule has 1 aliphatic rings. The van der Waals surface area contributed by atoms with Crippen LogP contribution < -0.4 is 16.1 Å². The van der Waals surface area contributed by atoms with E-state index in [0.717, 1.165) is 6.42 Å². The fraction of sp³-hybridized carbons (Fsp3) is 0.500. The van der Waals surface area contributed by atoms with Crippen molar-refractivity contribution < 1.29 is 14.3 Å². The van der Waals surface area contributed by atoms with Gasteiger partial charge < -0.3 is 15.6 Å². The third-order valence-electron chi connectivity index (χ3n) is 2.55. The van der Waals surface area contributed by atoms with E-state index in [9.17, 15) is 9.36 Å². The average molecular weight is 258 g/mol. The summed E-state index contributed by atoms with van der Waals surface area (Å²) in [6.07, 6.45) is 2.37. The first-order chi connectivity index (χ1) is 8.06. The molecule has 2 atom stereocenters. The molecule has 5 N–H and O–H groups in total. The summed E-state index contributed by atoms with van der Waals surface area (Å²) < 4.78 is 12.3. The van der Waals surface area contributed by atoms with Crippen LogP contribution in [-0.2, 0) is 11.1 Å². The SMILES string of the molecule is NC(=O)c1cn2c(n1)NC(CN[P+](=O)O)CC2. The number of amides is 1. The van der Waals surface area contributed by atoms with E-state index in [4.69, 9.17) is 10.6 Å². The van der Waals surface area contributed by atoms with Gasteiger partial charge in [-0.2, -0.15) is 0 Å². The van der Waals surface area contributed by atoms with Gasteiger partial charge in [-0.05, 0) is 11.0 Å². The highest BCUT2D eigenvalue weighted by molar-refractivity contribution is 7.35. The summed E-state index contributed by atoms with van der Waals surface area (Å²) in [5.74, 6) is -0.00757. The Bertz CT molecular complexity index is 460. The number of anilines is 1. The van der Waals surface area contributed by atoms with Crippen LogP contribution in [0.15, 0.2) is 6.20 Å². The molecular weight excluding hydrogens is 245 g/mol. The number of aromatic nitrogens is 2. The van der Waals surface area contributed by atoms with E-state index in [1.54, 1.807) is 10.8 Å². The molecule has 1 aliphatic heterocycles. The minimum atomic E-state index is -2.34. The number of nitrogens with two attached hydrogens (primary N) is 1. The zero-order valence-corrected chi connectivity index (χ0v) is 9.85. The third kappa shape index (κ3) is 2.79. The van der Waals surface area contributed by atoms with Crippen LogP contribution in [0.5, 0.6) is 0 Å². The number of rotatable bonds is 4. The van der Waals surface area contributed by atoms with Gasteiger partial charge in [0.25, 0.3) is 5.91 Å². The molecule has 1 aromatic heterocycles. The molecule has 0 aromatic carbocycles. The van der Waals surface area contributed by atoms with Gasteiger partial charge in [-0.15, -0.1) is 4.89 Å². The molecular formula is C8H13N5O3P+. The lowest BCUT2D eigenvalue weighted by molar-refractivity contribution is 0.0996. The number of primary amides is 1. The Morgan fingerprint density at radius 3 is 3.24 bits per heavy atom. The van der Waals surface area contributed by atoms with Crippen molar-refractivity contribution >= 4 is 20.0 Å². The Labute approximate surface area is 98.1 Å². The number of hydrogen-bond donors (Lipinski definition) is 4. The van der Waals surface area contributed by atoms with Gasteiger partial charge in [-0.25, -0.2) is 4.98 Å². The Kier molecular flexibility index (Phi) is 3.37. The Morgan fingerprint density at radius 2 is 2.59 bits per heavy atom. The van der Waals surface area contributed by atoms with E-state index in [0.29, 0.717) is 19.0 Å². The molecule has 2 rings (SSSR count).